The van der Waals surface area contributed by atoms with Crippen LogP contribution in [0.5, 0.6) is 0 Å². The fourth-order valence-corrected chi connectivity index (χ4v) is 3.77. The summed E-state index contributed by atoms with van der Waals surface area (Å²) in [5, 5.41) is 1.79. The Bertz CT molecular complexity index is 1070. The lowest BCUT2D eigenvalue weighted by Gasteiger charge is -2.08. The van der Waals surface area contributed by atoms with E-state index in [1.54, 1.807) is 36.5 Å². The van der Waals surface area contributed by atoms with Gasteiger partial charge in [-0.1, -0.05) is 30.3 Å². The maximum atomic E-state index is 12.4. The predicted octanol–water partition coefficient (Wildman–Crippen LogP) is 2.65. The SMILES string of the molecule is O=C(CCCNS(=O)(=O)c1ccc2ccccc2c1)OCC(=O)c1ccc[nH]1. The van der Waals surface area contributed by atoms with Gasteiger partial charge in [-0.3, -0.25) is 9.59 Å². The number of nitrogens with one attached hydrogen (secondary N) is 2. The number of ketones is 1. The van der Waals surface area contributed by atoms with Crippen LogP contribution in [0.4, 0.5) is 0 Å². The minimum atomic E-state index is -3.67. The lowest BCUT2D eigenvalue weighted by Crippen LogP contribution is -2.25. The number of carbonyl (C=O) groups excluding carboxylic acids is 2. The second kappa shape index (κ2) is 8.81. The highest BCUT2D eigenvalue weighted by molar-refractivity contribution is 7.89. The standard InChI is InChI=1S/C20H20N2O5S/c23-19(18-7-3-11-21-18)14-27-20(24)8-4-12-22-28(25,26)17-10-9-15-5-1-2-6-16(15)13-17/h1-3,5-7,9-11,13,21-22H,4,8,12,14H2. The number of esters is 1. The first kappa shape index (κ1) is 19.8. The van der Waals surface area contributed by atoms with Gasteiger partial charge in [-0.15, -0.1) is 0 Å². The third-order valence-corrected chi connectivity index (χ3v) is 5.60. The quantitative estimate of drug-likeness (QED) is 0.326. The van der Waals surface area contributed by atoms with Crippen LogP contribution in [0.25, 0.3) is 10.8 Å². The van der Waals surface area contributed by atoms with Gasteiger partial charge in [0.25, 0.3) is 0 Å². The predicted molar refractivity (Wildman–Crippen MR) is 104 cm³/mol. The summed E-state index contributed by atoms with van der Waals surface area (Å²) in [5.74, 6) is -0.875. The Morgan fingerprint density at radius 3 is 2.54 bits per heavy atom. The van der Waals surface area contributed by atoms with Crippen LogP contribution in [-0.2, 0) is 19.6 Å². The van der Waals surface area contributed by atoms with Crippen LogP contribution in [-0.4, -0.2) is 38.3 Å². The molecule has 3 rings (SSSR count). The van der Waals surface area contributed by atoms with Crippen LogP contribution >= 0.6 is 0 Å². The van der Waals surface area contributed by atoms with E-state index in [-0.39, 0.29) is 36.7 Å². The summed E-state index contributed by atoms with van der Waals surface area (Å²) in [6.45, 7) is -0.253. The minimum Gasteiger partial charge on any atom is -0.457 e. The molecule has 0 saturated heterocycles. The Morgan fingerprint density at radius 2 is 1.79 bits per heavy atom. The number of fused-ring (bicyclic) bond motifs is 1. The molecule has 2 aromatic carbocycles. The second-order valence-electron chi connectivity index (χ2n) is 6.18. The van der Waals surface area contributed by atoms with E-state index >= 15 is 0 Å². The van der Waals surface area contributed by atoms with E-state index in [1.165, 1.54) is 0 Å². The van der Waals surface area contributed by atoms with Crippen molar-refractivity contribution in [2.45, 2.75) is 17.7 Å². The Labute approximate surface area is 162 Å². The molecule has 7 nitrogen and oxygen atoms in total. The van der Waals surface area contributed by atoms with Crippen LogP contribution in [0.15, 0.2) is 65.7 Å². The first-order chi connectivity index (χ1) is 13.5. The van der Waals surface area contributed by atoms with Crippen LogP contribution in [0.1, 0.15) is 23.3 Å². The van der Waals surface area contributed by atoms with Gasteiger partial charge in [-0.05, 0) is 41.5 Å². The molecule has 28 heavy (non-hydrogen) atoms. The fraction of sp³-hybridized carbons (Fsp3) is 0.200. The number of hydrogen-bond acceptors (Lipinski definition) is 5. The highest BCUT2D eigenvalue weighted by atomic mass is 32.2. The van der Waals surface area contributed by atoms with E-state index in [4.69, 9.17) is 4.74 Å². The van der Waals surface area contributed by atoms with Gasteiger partial charge in [-0.2, -0.15) is 0 Å². The van der Waals surface area contributed by atoms with Crippen molar-refractivity contribution in [3.8, 4) is 0 Å². The Hall–Kier alpha value is -2.97. The highest BCUT2D eigenvalue weighted by Crippen LogP contribution is 2.18. The number of carbonyl (C=O) groups is 2. The maximum absolute atomic E-state index is 12.4. The zero-order chi connectivity index (χ0) is 20.0. The molecule has 146 valence electrons. The fourth-order valence-electron chi connectivity index (χ4n) is 2.66. The number of benzene rings is 2. The Balaban J connectivity index is 1.44. The van der Waals surface area contributed by atoms with Crippen molar-refractivity contribution in [3.05, 3.63) is 66.5 Å². The summed E-state index contributed by atoms with van der Waals surface area (Å²) >= 11 is 0. The van der Waals surface area contributed by atoms with Gasteiger partial charge in [0, 0.05) is 19.2 Å². The van der Waals surface area contributed by atoms with E-state index in [9.17, 15) is 18.0 Å². The molecule has 8 heteroatoms. The van der Waals surface area contributed by atoms with Gasteiger partial charge < -0.3 is 9.72 Å². The molecule has 0 radical (unpaired) electrons. The number of Topliss-reactive ketones (excluding diaryl/α,β-unsaturated/α-hetero) is 1. The maximum Gasteiger partial charge on any atom is 0.306 e. The van der Waals surface area contributed by atoms with Crippen LogP contribution in [0.2, 0.25) is 0 Å². The van der Waals surface area contributed by atoms with E-state index in [2.05, 4.69) is 9.71 Å². The summed E-state index contributed by atoms with van der Waals surface area (Å²) in [6, 6.07) is 15.7. The summed E-state index contributed by atoms with van der Waals surface area (Å²) in [7, 11) is -3.67. The van der Waals surface area contributed by atoms with Crippen molar-refractivity contribution in [1.29, 1.82) is 0 Å². The zero-order valence-corrected chi connectivity index (χ0v) is 15.9. The van der Waals surface area contributed by atoms with Crippen LogP contribution < -0.4 is 4.72 Å². The van der Waals surface area contributed by atoms with E-state index in [1.807, 2.05) is 24.3 Å². The van der Waals surface area contributed by atoms with Gasteiger partial charge in [0.15, 0.2) is 6.61 Å². The average Bonchev–Trinajstić information content (AvgIpc) is 3.24. The normalized spacial score (nSPS) is 11.4. The Kier molecular flexibility index (Phi) is 6.23. The van der Waals surface area contributed by atoms with Gasteiger partial charge >= 0.3 is 5.97 Å². The molecule has 0 bridgehead atoms. The summed E-state index contributed by atoms with van der Waals surface area (Å²) in [4.78, 5) is 26.3. The van der Waals surface area contributed by atoms with Crippen molar-refractivity contribution in [3.63, 3.8) is 0 Å². The van der Waals surface area contributed by atoms with E-state index < -0.39 is 16.0 Å². The molecule has 0 saturated carbocycles. The molecule has 0 fully saturated rings. The van der Waals surface area contributed by atoms with Gasteiger partial charge in [0.05, 0.1) is 10.6 Å². The van der Waals surface area contributed by atoms with E-state index in [0.717, 1.165) is 10.8 Å². The van der Waals surface area contributed by atoms with Crippen molar-refractivity contribution >= 4 is 32.5 Å². The molecule has 0 spiro atoms. The first-order valence-corrected chi connectivity index (χ1v) is 10.2. The smallest absolute Gasteiger partial charge is 0.306 e. The second-order valence-corrected chi connectivity index (χ2v) is 7.94. The molecule has 3 aromatic rings. The van der Waals surface area contributed by atoms with Crippen molar-refractivity contribution < 1.29 is 22.7 Å². The molecule has 0 aliphatic rings. The summed E-state index contributed by atoms with van der Waals surface area (Å²) < 4.78 is 32.2. The molecule has 1 heterocycles. The molecule has 0 atom stereocenters. The Morgan fingerprint density at radius 1 is 1.00 bits per heavy atom. The number of ether oxygens (including phenoxy) is 1. The van der Waals surface area contributed by atoms with Gasteiger partial charge in [-0.25, -0.2) is 13.1 Å². The molecule has 2 N–H and O–H groups in total. The average molecular weight is 400 g/mol. The number of aromatic nitrogens is 1. The number of hydrogen-bond donors (Lipinski definition) is 2. The number of rotatable bonds is 9. The topological polar surface area (TPSA) is 105 Å². The molecule has 0 aliphatic carbocycles. The van der Waals surface area contributed by atoms with Crippen molar-refractivity contribution in [1.82, 2.24) is 9.71 Å². The molecular formula is C20H20N2O5S. The number of H-pyrrole nitrogens is 1. The van der Waals surface area contributed by atoms with E-state index in [0.29, 0.717) is 5.69 Å². The third kappa shape index (κ3) is 5.05. The summed E-state index contributed by atoms with van der Waals surface area (Å²) in [6.07, 6.45) is 1.89. The zero-order valence-electron chi connectivity index (χ0n) is 15.1. The first-order valence-electron chi connectivity index (χ1n) is 8.76. The molecule has 0 aliphatic heterocycles. The largest absolute Gasteiger partial charge is 0.457 e. The van der Waals surface area contributed by atoms with Crippen molar-refractivity contribution in [2.75, 3.05) is 13.2 Å². The molecule has 0 unspecified atom stereocenters. The highest BCUT2D eigenvalue weighted by Gasteiger charge is 2.15. The van der Waals surface area contributed by atoms with Gasteiger partial charge in [0.2, 0.25) is 15.8 Å². The third-order valence-electron chi connectivity index (χ3n) is 4.14. The minimum absolute atomic E-state index is 0.0121. The lowest BCUT2D eigenvalue weighted by atomic mass is 10.1. The number of aromatic amines is 1. The monoisotopic (exact) mass is 400 g/mol. The molecular weight excluding hydrogens is 380 g/mol. The lowest BCUT2D eigenvalue weighted by molar-refractivity contribution is -0.142. The summed E-state index contributed by atoms with van der Waals surface area (Å²) in [5.41, 5.74) is 0.371. The van der Waals surface area contributed by atoms with Crippen LogP contribution in [0.3, 0.4) is 0 Å². The molecule has 1 aromatic heterocycles. The number of sulfonamides is 1. The van der Waals surface area contributed by atoms with Crippen LogP contribution in [0, 0.1) is 0 Å². The molecule has 0 amide bonds. The van der Waals surface area contributed by atoms with Gasteiger partial charge in [0.1, 0.15) is 0 Å². The van der Waals surface area contributed by atoms with Crippen molar-refractivity contribution in [2.24, 2.45) is 0 Å².